The van der Waals surface area contributed by atoms with Gasteiger partial charge in [0, 0.05) is 25.0 Å². The Labute approximate surface area is 172 Å². The standard InChI is InChI=1S/C22H20N6O2/c1-14-15(6-5-11-23-14)21(29)24-12-13-25-22(30)19-10-4-9-18(26-19)20-27-16-7-2-3-8-17(16)28-20/h2-11H,12-13H2,1H3,(H,24,29)(H,25,30)(H,27,28). The summed E-state index contributed by atoms with van der Waals surface area (Å²) in [6.45, 7) is 2.35. The topological polar surface area (TPSA) is 113 Å². The predicted octanol–water partition coefficient (Wildman–Crippen LogP) is 2.49. The first kappa shape index (κ1) is 19.3. The highest BCUT2D eigenvalue weighted by Gasteiger charge is 2.12. The first-order chi connectivity index (χ1) is 14.6. The number of nitrogens with zero attached hydrogens (tertiary/aromatic N) is 3. The number of fused-ring (bicyclic) bond motifs is 1. The zero-order chi connectivity index (χ0) is 20.9. The molecule has 8 nitrogen and oxygen atoms in total. The average Bonchev–Trinajstić information content (AvgIpc) is 3.21. The number of aromatic amines is 1. The zero-order valence-corrected chi connectivity index (χ0v) is 16.3. The maximum absolute atomic E-state index is 12.4. The number of carbonyl (C=O) groups excluding carboxylic acids is 2. The fourth-order valence-corrected chi connectivity index (χ4v) is 3.03. The summed E-state index contributed by atoms with van der Waals surface area (Å²) in [5.41, 5.74) is 3.78. The SMILES string of the molecule is Cc1ncccc1C(=O)NCCNC(=O)c1cccc(-c2nc3ccccc3[nH]2)n1. The van der Waals surface area contributed by atoms with Gasteiger partial charge in [-0.2, -0.15) is 0 Å². The molecule has 3 heterocycles. The van der Waals surface area contributed by atoms with Crippen LogP contribution < -0.4 is 10.6 Å². The third-order valence-corrected chi connectivity index (χ3v) is 4.56. The number of aryl methyl sites for hydroxylation is 1. The second kappa shape index (κ2) is 8.52. The van der Waals surface area contributed by atoms with Gasteiger partial charge in [-0.1, -0.05) is 18.2 Å². The van der Waals surface area contributed by atoms with Crippen molar-refractivity contribution in [2.45, 2.75) is 6.92 Å². The number of imidazole rings is 1. The molecule has 2 amide bonds. The predicted molar refractivity (Wildman–Crippen MR) is 113 cm³/mol. The summed E-state index contributed by atoms with van der Waals surface area (Å²) in [6.07, 6.45) is 1.64. The van der Waals surface area contributed by atoms with Crippen molar-refractivity contribution in [3.8, 4) is 11.5 Å². The number of rotatable bonds is 6. The third kappa shape index (κ3) is 4.17. The monoisotopic (exact) mass is 400 g/mol. The van der Waals surface area contributed by atoms with Gasteiger partial charge in [0.25, 0.3) is 11.8 Å². The van der Waals surface area contributed by atoms with E-state index in [1.54, 1.807) is 43.5 Å². The molecule has 0 aliphatic heterocycles. The van der Waals surface area contributed by atoms with E-state index in [0.29, 0.717) is 29.3 Å². The number of para-hydroxylation sites is 2. The lowest BCUT2D eigenvalue weighted by molar-refractivity contribution is 0.0924. The fraction of sp³-hybridized carbons (Fsp3) is 0.136. The zero-order valence-electron chi connectivity index (χ0n) is 16.3. The Morgan fingerprint density at radius 3 is 2.50 bits per heavy atom. The van der Waals surface area contributed by atoms with Gasteiger partial charge in [0.05, 0.1) is 16.6 Å². The van der Waals surface area contributed by atoms with Crippen molar-refractivity contribution in [1.82, 2.24) is 30.6 Å². The molecule has 0 bridgehead atoms. The van der Waals surface area contributed by atoms with Gasteiger partial charge in [-0.3, -0.25) is 14.6 Å². The number of benzene rings is 1. The molecule has 0 aliphatic rings. The molecule has 150 valence electrons. The maximum Gasteiger partial charge on any atom is 0.269 e. The van der Waals surface area contributed by atoms with E-state index in [0.717, 1.165) is 11.0 Å². The molecule has 0 saturated heterocycles. The molecule has 0 aliphatic carbocycles. The van der Waals surface area contributed by atoms with Gasteiger partial charge in [-0.25, -0.2) is 9.97 Å². The average molecular weight is 400 g/mol. The Hall–Kier alpha value is -4.07. The molecular formula is C22H20N6O2. The molecule has 0 spiro atoms. The molecule has 0 atom stereocenters. The van der Waals surface area contributed by atoms with E-state index >= 15 is 0 Å². The summed E-state index contributed by atoms with van der Waals surface area (Å²) in [5.74, 6) is 0.0598. The molecule has 30 heavy (non-hydrogen) atoms. The lowest BCUT2D eigenvalue weighted by atomic mass is 10.2. The van der Waals surface area contributed by atoms with Crippen molar-refractivity contribution in [2.24, 2.45) is 0 Å². The number of carbonyl (C=O) groups is 2. The number of hydrogen-bond acceptors (Lipinski definition) is 5. The van der Waals surface area contributed by atoms with E-state index in [9.17, 15) is 9.59 Å². The number of aromatic nitrogens is 4. The number of H-pyrrole nitrogens is 1. The minimum atomic E-state index is -0.320. The normalized spacial score (nSPS) is 10.7. The molecule has 0 fully saturated rings. The van der Waals surface area contributed by atoms with E-state index in [4.69, 9.17) is 0 Å². The minimum Gasteiger partial charge on any atom is -0.350 e. The highest BCUT2D eigenvalue weighted by Crippen LogP contribution is 2.18. The van der Waals surface area contributed by atoms with Crippen LogP contribution in [0.25, 0.3) is 22.6 Å². The third-order valence-electron chi connectivity index (χ3n) is 4.56. The highest BCUT2D eigenvalue weighted by molar-refractivity contribution is 5.95. The minimum absolute atomic E-state index is 0.222. The lowest BCUT2D eigenvalue weighted by Gasteiger charge is -2.08. The first-order valence-electron chi connectivity index (χ1n) is 9.52. The van der Waals surface area contributed by atoms with Gasteiger partial charge in [-0.15, -0.1) is 0 Å². The summed E-state index contributed by atoms with van der Waals surface area (Å²) in [5, 5.41) is 5.53. The van der Waals surface area contributed by atoms with E-state index in [1.807, 2.05) is 24.3 Å². The smallest absolute Gasteiger partial charge is 0.269 e. The van der Waals surface area contributed by atoms with Gasteiger partial charge in [0.1, 0.15) is 11.4 Å². The maximum atomic E-state index is 12.4. The van der Waals surface area contributed by atoms with Crippen molar-refractivity contribution in [1.29, 1.82) is 0 Å². The first-order valence-corrected chi connectivity index (χ1v) is 9.52. The molecular weight excluding hydrogens is 380 g/mol. The van der Waals surface area contributed by atoms with Crippen LogP contribution >= 0.6 is 0 Å². The molecule has 3 N–H and O–H groups in total. The summed E-state index contributed by atoms with van der Waals surface area (Å²) in [7, 11) is 0. The van der Waals surface area contributed by atoms with Crippen LogP contribution in [0.5, 0.6) is 0 Å². The molecule has 3 aromatic heterocycles. The van der Waals surface area contributed by atoms with Crippen LogP contribution in [0.3, 0.4) is 0 Å². The van der Waals surface area contributed by atoms with E-state index in [-0.39, 0.29) is 24.1 Å². The van der Waals surface area contributed by atoms with E-state index in [2.05, 4.69) is 30.6 Å². The number of pyridine rings is 2. The van der Waals surface area contributed by atoms with Gasteiger partial charge < -0.3 is 15.6 Å². The Balaban J connectivity index is 1.35. The molecule has 0 saturated carbocycles. The second-order valence-corrected chi connectivity index (χ2v) is 6.66. The number of amides is 2. The van der Waals surface area contributed by atoms with Gasteiger partial charge in [0.2, 0.25) is 0 Å². The van der Waals surface area contributed by atoms with Crippen LogP contribution in [0.4, 0.5) is 0 Å². The van der Waals surface area contributed by atoms with Crippen LogP contribution in [0.15, 0.2) is 60.8 Å². The molecule has 0 radical (unpaired) electrons. The van der Waals surface area contributed by atoms with Crippen LogP contribution in [-0.2, 0) is 0 Å². The van der Waals surface area contributed by atoms with Gasteiger partial charge >= 0.3 is 0 Å². The van der Waals surface area contributed by atoms with Crippen LogP contribution in [0, 0.1) is 6.92 Å². The lowest BCUT2D eigenvalue weighted by Crippen LogP contribution is -2.35. The Bertz CT molecular complexity index is 1180. The quantitative estimate of drug-likeness (QED) is 0.431. The van der Waals surface area contributed by atoms with Crippen LogP contribution in [-0.4, -0.2) is 44.8 Å². The molecule has 4 aromatic rings. The van der Waals surface area contributed by atoms with Crippen molar-refractivity contribution in [2.75, 3.05) is 13.1 Å². The van der Waals surface area contributed by atoms with Crippen molar-refractivity contribution in [3.05, 3.63) is 77.7 Å². The number of hydrogen-bond donors (Lipinski definition) is 3. The van der Waals surface area contributed by atoms with Crippen LogP contribution in [0.2, 0.25) is 0 Å². The van der Waals surface area contributed by atoms with Gasteiger partial charge in [-0.05, 0) is 43.3 Å². The molecule has 1 aromatic carbocycles. The van der Waals surface area contributed by atoms with Gasteiger partial charge in [0.15, 0.2) is 5.82 Å². The molecule has 0 unspecified atom stereocenters. The van der Waals surface area contributed by atoms with Crippen molar-refractivity contribution >= 4 is 22.8 Å². The Morgan fingerprint density at radius 2 is 1.70 bits per heavy atom. The van der Waals surface area contributed by atoms with Crippen molar-refractivity contribution in [3.63, 3.8) is 0 Å². The van der Waals surface area contributed by atoms with E-state index < -0.39 is 0 Å². The molecule has 4 rings (SSSR count). The largest absolute Gasteiger partial charge is 0.350 e. The summed E-state index contributed by atoms with van der Waals surface area (Å²) >= 11 is 0. The fourth-order valence-electron chi connectivity index (χ4n) is 3.03. The second-order valence-electron chi connectivity index (χ2n) is 6.66. The Kier molecular flexibility index (Phi) is 5.47. The highest BCUT2D eigenvalue weighted by atomic mass is 16.2. The number of nitrogens with one attached hydrogen (secondary N) is 3. The molecule has 8 heteroatoms. The van der Waals surface area contributed by atoms with Crippen LogP contribution in [0.1, 0.15) is 26.5 Å². The summed E-state index contributed by atoms with van der Waals surface area (Å²) < 4.78 is 0. The summed E-state index contributed by atoms with van der Waals surface area (Å²) in [6, 6.07) is 16.3. The Morgan fingerprint density at radius 1 is 0.900 bits per heavy atom. The van der Waals surface area contributed by atoms with Crippen molar-refractivity contribution < 1.29 is 9.59 Å². The summed E-state index contributed by atoms with van der Waals surface area (Å²) in [4.78, 5) is 40.8. The van der Waals surface area contributed by atoms with E-state index in [1.165, 1.54) is 0 Å².